The molecule has 0 aliphatic heterocycles. The van der Waals surface area contributed by atoms with Crippen molar-refractivity contribution in [2.75, 3.05) is 6.54 Å². The van der Waals surface area contributed by atoms with Gasteiger partial charge < -0.3 is 14.6 Å². The van der Waals surface area contributed by atoms with Crippen molar-refractivity contribution in [3.8, 4) is 5.75 Å². The monoisotopic (exact) mass is 289 g/mol. The average Bonchev–Trinajstić information content (AvgIpc) is 2.90. The Labute approximate surface area is 125 Å². The highest BCUT2D eigenvalue weighted by Gasteiger charge is 2.08. The quantitative estimate of drug-likeness (QED) is 0.849. The molecule has 1 aromatic carbocycles. The third-order valence-electron chi connectivity index (χ3n) is 3.15. The van der Waals surface area contributed by atoms with E-state index in [0.29, 0.717) is 18.3 Å². The number of benzene rings is 1. The SMILES string of the molecule is Cc1cc(CNCC(C)C)cc(C)c1OCc1ncon1. The molecule has 0 amide bonds. The maximum Gasteiger partial charge on any atom is 0.213 e. The van der Waals surface area contributed by atoms with E-state index in [9.17, 15) is 0 Å². The molecule has 0 unspecified atom stereocenters. The molecule has 0 atom stereocenters. The number of hydrogen-bond donors (Lipinski definition) is 1. The van der Waals surface area contributed by atoms with Crippen LogP contribution in [0.1, 0.15) is 36.4 Å². The maximum absolute atomic E-state index is 5.80. The second kappa shape index (κ2) is 7.22. The number of nitrogens with one attached hydrogen (secondary N) is 1. The number of ether oxygens (including phenoxy) is 1. The molecule has 1 N–H and O–H groups in total. The maximum atomic E-state index is 5.80. The normalized spacial score (nSPS) is 11.1. The molecule has 0 aliphatic rings. The van der Waals surface area contributed by atoms with E-state index in [-0.39, 0.29) is 0 Å². The summed E-state index contributed by atoms with van der Waals surface area (Å²) in [6.45, 7) is 10.8. The summed E-state index contributed by atoms with van der Waals surface area (Å²) in [6.07, 6.45) is 1.31. The topological polar surface area (TPSA) is 60.2 Å². The van der Waals surface area contributed by atoms with E-state index in [1.165, 1.54) is 12.0 Å². The van der Waals surface area contributed by atoms with Crippen LogP contribution < -0.4 is 10.1 Å². The summed E-state index contributed by atoms with van der Waals surface area (Å²) in [5.74, 6) is 2.11. The zero-order valence-electron chi connectivity index (χ0n) is 13.1. The Morgan fingerprint density at radius 3 is 2.52 bits per heavy atom. The van der Waals surface area contributed by atoms with Crippen LogP contribution in [0, 0.1) is 19.8 Å². The van der Waals surface area contributed by atoms with Gasteiger partial charge in [-0.25, -0.2) is 0 Å². The van der Waals surface area contributed by atoms with Crippen molar-refractivity contribution in [1.82, 2.24) is 15.5 Å². The highest BCUT2D eigenvalue weighted by Crippen LogP contribution is 2.25. The smallest absolute Gasteiger partial charge is 0.213 e. The Hall–Kier alpha value is -1.88. The molecule has 2 rings (SSSR count). The zero-order chi connectivity index (χ0) is 15.2. The molecule has 0 saturated heterocycles. The molecule has 0 aliphatic carbocycles. The summed E-state index contributed by atoms with van der Waals surface area (Å²) < 4.78 is 10.5. The fourth-order valence-electron chi connectivity index (χ4n) is 2.27. The molecule has 0 saturated carbocycles. The Kier molecular flexibility index (Phi) is 5.33. The highest BCUT2D eigenvalue weighted by molar-refractivity contribution is 5.43. The first-order valence-corrected chi connectivity index (χ1v) is 7.25. The van der Waals surface area contributed by atoms with E-state index in [4.69, 9.17) is 9.26 Å². The first kappa shape index (κ1) is 15.5. The van der Waals surface area contributed by atoms with Gasteiger partial charge in [0.15, 0.2) is 6.61 Å². The van der Waals surface area contributed by atoms with E-state index < -0.39 is 0 Å². The van der Waals surface area contributed by atoms with Gasteiger partial charge in [0.1, 0.15) is 5.75 Å². The lowest BCUT2D eigenvalue weighted by molar-refractivity contribution is 0.283. The summed E-state index contributed by atoms with van der Waals surface area (Å²) in [7, 11) is 0. The van der Waals surface area contributed by atoms with Crippen molar-refractivity contribution in [3.63, 3.8) is 0 Å². The lowest BCUT2D eigenvalue weighted by atomic mass is 10.1. The van der Waals surface area contributed by atoms with Crippen molar-refractivity contribution < 1.29 is 9.26 Å². The Morgan fingerprint density at radius 1 is 1.24 bits per heavy atom. The molecule has 1 heterocycles. The highest BCUT2D eigenvalue weighted by atomic mass is 16.5. The minimum atomic E-state index is 0.323. The van der Waals surface area contributed by atoms with Gasteiger partial charge in [-0.2, -0.15) is 4.98 Å². The Morgan fingerprint density at radius 2 is 1.95 bits per heavy atom. The number of rotatable bonds is 7. The predicted molar refractivity (Wildman–Crippen MR) is 81.1 cm³/mol. The largest absolute Gasteiger partial charge is 0.485 e. The fraction of sp³-hybridized carbons (Fsp3) is 0.500. The van der Waals surface area contributed by atoms with Crippen molar-refractivity contribution >= 4 is 0 Å². The van der Waals surface area contributed by atoms with Crippen LogP contribution in [0.25, 0.3) is 0 Å². The standard InChI is InChI=1S/C16H23N3O2/c1-11(2)7-17-8-14-5-12(3)16(13(4)6-14)20-9-15-18-10-21-19-15/h5-6,10-11,17H,7-9H2,1-4H3. The van der Waals surface area contributed by atoms with Gasteiger partial charge in [-0.1, -0.05) is 31.1 Å². The van der Waals surface area contributed by atoms with E-state index in [2.05, 4.69) is 55.3 Å². The van der Waals surface area contributed by atoms with Gasteiger partial charge in [0.25, 0.3) is 0 Å². The zero-order valence-corrected chi connectivity index (χ0v) is 13.1. The molecule has 0 fully saturated rings. The van der Waals surface area contributed by atoms with Crippen molar-refractivity contribution in [2.45, 2.75) is 40.8 Å². The second-order valence-corrected chi connectivity index (χ2v) is 5.72. The molecule has 114 valence electrons. The third-order valence-corrected chi connectivity index (χ3v) is 3.15. The minimum absolute atomic E-state index is 0.323. The van der Waals surface area contributed by atoms with Crippen molar-refractivity contribution in [1.29, 1.82) is 0 Å². The number of aryl methyl sites for hydroxylation is 2. The molecule has 0 radical (unpaired) electrons. The minimum Gasteiger partial charge on any atom is -0.485 e. The predicted octanol–water partition coefficient (Wildman–Crippen LogP) is 3.01. The molecule has 21 heavy (non-hydrogen) atoms. The van der Waals surface area contributed by atoms with Crippen LogP contribution in [0.2, 0.25) is 0 Å². The van der Waals surface area contributed by atoms with Gasteiger partial charge in [0.05, 0.1) is 0 Å². The van der Waals surface area contributed by atoms with Crippen molar-refractivity contribution in [2.24, 2.45) is 5.92 Å². The Balaban J connectivity index is 1.99. The van der Waals surface area contributed by atoms with Gasteiger partial charge >= 0.3 is 0 Å². The molecule has 2 aromatic rings. The van der Waals surface area contributed by atoms with Crippen molar-refractivity contribution in [3.05, 3.63) is 41.0 Å². The van der Waals surface area contributed by atoms with Crippen LogP contribution in [0.4, 0.5) is 0 Å². The summed E-state index contributed by atoms with van der Waals surface area (Å²) in [5.41, 5.74) is 3.53. The van der Waals surface area contributed by atoms with Crippen LogP contribution in [-0.2, 0) is 13.2 Å². The van der Waals surface area contributed by atoms with Crippen LogP contribution in [0.3, 0.4) is 0 Å². The molecule has 0 spiro atoms. The van der Waals surface area contributed by atoms with Crippen LogP contribution in [-0.4, -0.2) is 16.7 Å². The van der Waals surface area contributed by atoms with E-state index >= 15 is 0 Å². The lowest BCUT2D eigenvalue weighted by Gasteiger charge is -2.14. The number of hydrogen-bond acceptors (Lipinski definition) is 5. The van der Waals surface area contributed by atoms with Gasteiger partial charge in [0, 0.05) is 6.54 Å². The number of aromatic nitrogens is 2. The van der Waals surface area contributed by atoms with E-state index in [1.807, 2.05) is 0 Å². The van der Waals surface area contributed by atoms with Crippen LogP contribution in [0.15, 0.2) is 23.0 Å². The molecule has 5 nitrogen and oxygen atoms in total. The molecule has 5 heteroatoms. The third kappa shape index (κ3) is 4.56. The molecular weight excluding hydrogens is 266 g/mol. The van der Waals surface area contributed by atoms with Gasteiger partial charge in [-0.3, -0.25) is 0 Å². The van der Waals surface area contributed by atoms with E-state index in [1.54, 1.807) is 0 Å². The number of nitrogens with zero attached hydrogens (tertiary/aromatic N) is 2. The lowest BCUT2D eigenvalue weighted by Crippen LogP contribution is -2.19. The van der Waals surface area contributed by atoms with Crippen LogP contribution >= 0.6 is 0 Å². The first-order valence-electron chi connectivity index (χ1n) is 7.25. The van der Waals surface area contributed by atoms with E-state index in [0.717, 1.165) is 30.0 Å². The first-order chi connectivity index (χ1) is 10.1. The summed E-state index contributed by atoms with van der Waals surface area (Å²) in [5, 5.41) is 7.20. The fourth-order valence-corrected chi connectivity index (χ4v) is 2.27. The molecule has 0 bridgehead atoms. The van der Waals surface area contributed by atoms with Gasteiger partial charge in [-0.15, -0.1) is 0 Å². The van der Waals surface area contributed by atoms with Crippen LogP contribution in [0.5, 0.6) is 5.75 Å². The second-order valence-electron chi connectivity index (χ2n) is 5.72. The average molecular weight is 289 g/mol. The Bertz CT molecular complexity index is 542. The summed E-state index contributed by atoms with van der Waals surface area (Å²) >= 11 is 0. The van der Waals surface area contributed by atoms with Gasteiger partial charge in [0.2, 0.25) is 12.2 Å². The van der Waals surface area contributed by atoms with Gasteiger partial charge in [-0.05, 0) is 43.0 Å². The molecule has 1 aromatic heterocycles. The summed E-state index contributed by atoms with van der Waals surface area (Å²) in [6, 6.07) is 4.32. The molecular formula is C16H23N3O2. The summed E-state index contributed by atoms with van der Waals surface area (Å²) in [4.78, 5) is 3.95.